The van der Waals surface area contributed by atoms with Crippen molar-refractivity contribution in [2.24, 2.45) is 0 Å². The minimum atomic E-state index is -0.412. The summed E-state index contributed by atoms with van der Waals surface area (Å²) in [5.41, 5.74) is 5.50. The zero-order valence-corrected chi connectivity index (χ0v) is 21.8. The predicted octanol–water partition coefficient (Wildman–Crippen LogP) is 6.48. The van der Waals surface area contributed by atoms with Crippen molar-refractivity contribution in [2.75, 3.05) is 7.11 Å². The van der Waals surface area contributed by atoms with Gasteiger partial charge < -0.3 is 14.5 Å². The van der Waals surface area contributed by atoms with Crippen LogP contribution in [-0.2, 0) is 0 Å². The van der Waals surface area contributed by atoms with Gasteiger partial charge in [-0.2, -0.15) is 5.10 Å². The van der Waals surface area contributed by atoms with Gasteiger partial charge in [0.25, 0.3) is 0 Å². The van der Waals surface area contributed by atoms with Gasteiger partial charge in [-0.25, -0.2) is 9.37 Å². The summed E-state index contributed by atoms with van der Waals surface area (Å²) in [6, 6.07) is 10.3. The molecule has 0 atom stereocenters. The molecule has 0 unspecified atom stereocenters. The Hall–Kier alpha value is -4.86. The van der Waals surface area contributed by atoms with Crippen LogP contribution in [0.25, 0.3) is 56.0 Å². The van der Waals surface area contributed by atoms with Gasteiger partial charge >= 0.3 is 0 Å². The molecule has 7 rings (SSSR count). The Kier molecular flexibility index (Phi) is 6.07. The number of aromatic nitrogens is 7. The summed E-state index contributed by atoms with van der Waals surface area (Å²) in [5, 5.41) is 8.44. The Labute approximate surface area is 228 Å². The molecule has 5 heterocycles. The van der Waals surface area contributed by atoms with E-state index in [9.17, 15) is 4.39 Å². The van der Waals surface area contributed by atoms with Crippen LogP contribution < -0.4 is 9.47 Å². The molecule has 10 heteroatoms. The van der Waals surface area contributed by atoms with E-state index in [4.69, 9.17) is 14.5 Å². The Morgan fingerprint density at radius 2 is 1.75 bits per heavy atom. The maximum Gasteiger partial charge on any atom is 0.159 e. The Morgan fingerprint density at radius 1 is 0.875 bits per heavy atom. The minimum absolute atomic E-state index is 0.239. The van der Waals surface area contributed by atoms with Crippen molar-refractivity contribution >= 4 is 21.9 Å². The Balaban J connectivity index is 1.26. The molecule has 0 saturated heterocycles. The molecule has 5 aromatic heterocycles. The summed E-state index contributed by atoms with van der Waals surface area (Å²) in [5.74, 6) is 1.31. The molecular formula is C30H26FN7O2. The van der Waals surface area contributed by atoms with Gasteiger partial charge in [0.2, 0.25) is 0 Å². The number of pyridine rings is 3. The Bertz CT molecular complexity index is 1840. The number of rotatable bonds is 6. The van der Waals surface area contributed by atoms with Crippen LogP contribution in [0, 0.1) is 5.82 Å². The van der Waals surface area contributed by atoms with Crippen LogP contribution in [0.5, 0.6) is 11.5 Å². The molecule has 1 aliphatic rings. The number of nitrogens with one attached hydrogen (secondary N) is 2. The maximum absolute atomic E-state index is 14.3. The highest BCUT2D eigenvalue weighted by Crippen LogP contribution is 2.33. The molecule has 2 N–H and O–H groups in total. The number of ether oxygens (including phenoxy) is 2. The van der Waals surface area contributed by atoms with E-state index in [1.165, 1.54) is 38.5 Å². The van der Waals surface area contributed by atoms with Gasteiger partial charge in [-0.3, -0.25) is 20.1 Å². The van der Waals surface area contributed by atoms with Gasteiger partial charge in [-0.1, -0.05) is 6.42 Å². The van der Waals surface area contributed by atoms with Gasteiger partial charge in [0.1, 0.15) is 28.5 Å². The normalized spacial score (nSPS) is 14.2. The number of benzene rings is 1. The lowest BCUT2D eigenvalue weighted by Gasteiger charge is -2.22. The first-order valence-corrected chi connectivity index (χ1v) is 13.3. The van der Waals surface area contributed by atoms with Gasteiger partial charge in [-0.15, -0.1) is 0 Å². The number of methoxy groups -OCH3 is 1. The van der Waals surface area contributed by atoms with E-state index in [0.717, 1.165) is 46.3 Å². The van der Waals surface area contributed by atoms with E-state index in [0.29, 0.717) is 34.0 Å². The number of hydrogen-bond acceptors (Lipinski definition) is 7. The van der Waals surface area contributed by atoms with E-state index < -0.39 is 5.82 Å². The van der Waals surface area contributed by atoms with Crippen LogP contribution in [0.3, 0.4) is 0 Å². The van der Waals surface area contributed by atoms with Crippen LogP contribution in [0.1, 0.15) is 32.1 Å². The molecule has 40 heavy (non-hydrogen) atoms. The number of hydrogen-bond donors (Lipinski definition) is 2. The first-order chi connectivity index (χ1) is 19.6. The van der Waals surface area contributed by atoms with Crippen LogP contribution in [0.2, 0.25) is 0 Å². The monoisotopic (exact) mass is 535 g/mol. The fourth-order valence-electron chi connectivity index (χ4n) is 5.33. The third-order valence-electron chi connectivity index (χ3n) is 7.32. The lowest BCUT2D eigenvalue weighted by atomic mass is 9.98. The highest BCUT2D eigenvalue weighted by atomic mass is 19.1. The second-order valence-corrected chi connectivity index (χ2v) is 10.00. The fraction of sp³-hybridized carbons (Fsp3) is 0.233. The average molecular weight is 536 g/mol. The molecule has 1 fully saturated rings. The number of H-pyrrole nitrogens is 2. The molecule has 6 aromatic rings. The minimum Gasteiger partial charge on any atom is -0.497 e. The molecule has 1 saturated carbocycles. The lowest BCUT2D eigenvalue weighted by Crippen LogP contribution is -2.19. The van der Waals surface area contributed by atoms with Gasteiger partial charge in [0, 0.05) is 35.0 Å². The molecule has 1 aromatic carbocycles. The SMILES string of the molecule is COc1cc(F)cc(-c2nccc3[nH]c(-c4n[nH]c5cnc(-c6cncc(OC7CCCCC7)c6)cc45)nc23)c1. The smallest absolute Gasteiger partial charge is 0.159 e. The predicted molar refractivity (Wildman–Crippen MR) is 149 cm³/mol. The summed E-state index contributed by atoms with van der Waals surface area (Å²) in [7, 11) is 1.50. The molecule has 1 aliphatic carbocycles. The van der Waals surface area contributed by atoms with Crippen molar-refractivity contribution in [1.29, 1.82) is 0 Å². The standard InChI is InChI=1S/C30H26FN7O2/c1-39-21-10-17(9-19(31)12-21)27-29-24(7-8-33-27)35-30(36-29)28-23-13-25(34-16-26(23)37-38-28)18-11-22(15-32-14-18)40-20-5-3-2-4-6-20/h7-16,20H,2-6H2,1H3,(H,35,36)(H,37,38). The summed E-state index contributed by atoms with van der Waals surface area (Å²) in [4.78, 5) is 21.7. The summed E-state index contributed by atoms with van der Waals surface area (Å²) < 4.78 is 25.7. The van der Waals surface area contributed by atoms with E-state index in [2.05, 4.69) is 30.1 Å². The lowest BCUT2D eigenvalue weighted by molar-refractivity contribution is 0.154. The van der Waals surface area contributed by atoms with Crippen LogP contribution in [0.4, 0.5) is 4.39 Å². The van der Waals surface area contributed by atoms with E-state index in [-0.39, 0.29) is 6.10 Å². The van der Waals surface area contributed by atoms with Crippen molar-refractivity contribution in [3.8, 4) is 45.5 Å². The van der Waals surface area contributed by atoms with E-state index >= 15 is 0 Å². The molecule has 0 radical (unpaired) electrons. The second kappa shape index (κ2) is 10.0. The molecular weight excluding hydrogens is 509 g/mol. The molecule has 0 spiro atoms. The highest BCUT2D eigenvalue weighted by Gasteiger charge is 2.19. The van der Waals surface area contributed by atoms with Crippen LogP contribution >= 0.6 is 0 Å². The van der Waals surface area contributed by atoms with Crippen LogP contribution in [-0.4, -0.2) is 48.3 Å². The Morgan fingerprint density at radius 3 is 2.62 bits per heavy atom. The third kappa shape index (κ3) is 4.51. The quantitative estimate of drug-likeness (QED) is 0.251. The van der Waals surface area contributed by atoms with Crippen molar-refractivity contribution in [3.05, 3.63) is 67.0 Å². The highest BCUT2D eigenvalue weighted by molar-refractivity contribution is 5.96. The van der Waals surface area contributed by atoms with Crippen molar-refractivity contribution < 1.29 is 13.9 Å². The second-order valence-electron chi connectivity index (χ2n) is 10.00. The number of nitrogens with zero attached hydrogens (tertiary/aromatic N) is 5. The first kappa shape index (κ1) is 24.2. The molecule has 0 aliphatic heterocycles. The van der Waals surface area contributed by atoms with E-state index in [1.807, 2.05) is 18.2 Å². The maximum atomic E-state index is 14.3. The fourth-order valence-corrected chi connectivity index (χ4v) is 5.33. The number of imidazole rings is 1. The largest absolute Gasteiger partial charge is 0.497 e. The van der Waals surface area contributed by atoms with Gasteiger partial charge in [-0.05, 0) is 56.0 Å². The van der Waals surface area contributed by atoms with Crippen molar-refractivity contribution in [1.82, 2.24) is 35.1 Å². The van der Waals surface area contributed by atoms with Crippen molar-refractivity contribution in [3.63, 3.8) is 0 Å². The molecule has 9 nitrogen and oxygen atoms in total. The number of halogens is 1. The molecule has 0 amide bonds. The van der Waals surface area contributed by atoms with Gasteiger partial charge in [0.05, 0.1) is 48.0 Å². The topological polar surface area (TPSA) is 114 Å². The summed E-state index contributed by atoms with van der Waals surface area (Å²) in [6.45, 7) is 0. The third-order valence-corrected chi connectivity index (χ3v) is 7.32. The van der Waals surface area contributed by atoms with Gasteiger partial charge in [0.15, 0.2) is 5.82 Å². The average Bonchev–Trinajstić information content (AvgIpc) is 3.61. The summed E-state index contributed by atoms with van der Waals surface area (Å²) in [6.07, 6.45) is 13.0. The van der Waals surface area contributed by atoms with Crippen molar-refractivity contribution in [2.45, 2.75) is 38.2 Å². The summed E-state index contributed by atoms with van der Waals surface area (Å²) >= 11 is 0. The van der Waals surface area contributed by atoms with E-state index in [1.54, 1.807) is 30.9 Å². The first-order valence-electron chi connectivity index (χ1n) is 13.3. The number of aromatic amines is 2. The number of fused-ring (bicyclic) bond motifs is 2. The molecule has 0 bridgehead atoms. The van der Waals surface area contributed by atoms with Crippen LogP contribution in [0.15, 0.2) is 61.2 Å². The molecule has 200 valence electrons. The zero-order valence-electron chi connectivity index (χ0n) is 21.8. The zero-order chi connectivity index (χ0) is 27.1.